The smallest absolute Gasteiger partial charge is 0.158 e. The van der Waals surface area contributed by atoms with E-state index in [0.717, 1.165) is 18.3 Å². The lowest BCUT2D eigenvalue weighted by Crippen LogP contribution is -2.53. The van der Waals surface area contributed by atoms with E-state index in [1.165, 1.54) is 25.9 Å². The van der Waals surface area contributed by atoms with E-state index in [0.29, 0.717) is 24.3 Å². The minimum atomic E-state index is 0.379. The Kier molecular flexibility index (Phi) is 4.00. The highest BCUT2D eigenvalue weighted by molar-refractivity contribution is 5.47. The molecule has 110 valence electrons. The number of aromatic nitrogens is 2. The second kappa shape index (κ2) is 5.90. The van der Waals surface area contributed by atoms with E-state index in [1.807, 2.05) is 6.07 Å². The number of hydrogen-bond acceptors (Lipinski definition) is 7. The van der Waals surface area contributed by atoms with Crippen LogP contribution in [0, 0.1) is 5.92 Å². The predicted octanol–water partition coefficient (Wildman–Crippen LogP) is 0.415. The lowest BCUT2D eigenvalue weighted by atomic mass is 9.84. The molecule has 3 saturated heterocycles. The molecule has 3 fully saturated rings. The largest absolute Gasteiger partial charge is 0.377 e. The molecule has 0 radical (unpaired) electrons. The molecule has 0 amide bonds. The molecule has 2 bridgehead atoms. The van der Waals surface area contributed by atoms with Gasteiger partial charge in [0.15, 0.2) is 5.82 Å². The molecule has 3 aliphatic heterocycles. The summed E-state index contributed by atoms with van der Waals surface area (Å²) in [6.07, 6.45) is 2.55. The van der Waals surface area contributed by atoms with E-state index in [1.54, 1.807) is 7.11 Å². The monoisotopic (exact) mass is 278 g/mol. The van der Waals surface area contributed by atoms with E-state index in [4.69, 9.17) is 10.6 Å². The quantitative estimate of drug-likeness (QED) is 0.531. The molecule has 4 N–H and O–H groups in total. The van der Waals surface area contributed by atoms with Gasteiger partial charge >= 0.3 is 0 Å². The van der Waals surface area contributed by atoms with Crippen LogP contribution in [0.1, 0.15) is 18.7 Å². The van der Waals surface area contributed by atoms with Gasteiger partial charge in [0.1, 0.15) is 18.2 Å². The number of nitrogens with zero attached hydrogens (tertiary/aromatic N) is 3. The first-order valence-electron chi connectivity index (χ1n) is 7.11. The molecule has 1 atom stereocenters. The Morgan fingerprint density at radius 2 is 2.10 bits per heavy atom. The fourth-order valence-electron chi connectivity index (χ4n) is 3.16. The average molecular weight is 278 g/mol. The van der Waals surface area contributed by atoms with Crippen LogP contribution in [0.3, 0.4) is 0 Å². The van der Waals surface area contributed by atoms with Gasteiger partial charge < -0.3 is 20.4 Å². The van der Waals surface area contributed by atoms with Gasteiger partial charge in [-0.2, -0.15) is 0 Å². The van der Waals surface area contributed by atoms with Crippen LogP contribution in [0.2, 0.25) is 0 Å². The summed E-state index contributed by atoms with van der Waals surface area (Å²) in [5.74, 6) is 8.26. The number of fused-ring (bicyclic) bond motifs is 3. The third-order valence-corrected chi connectivity index (χ3v) is 4.18. The van der Waals surface area contributed by atoms with Gasteiger partial charge in [0.25, 0.3) is 0 Å². The molecule has 0 aliphatic carbocycles. The van der Waals surface area contributed by atoms with E-state index in [-0.39, 0.29) is 0 Å². The summed E-state index contributed by atoms with van der Waals surface area (Å²) in [5, 5.41) is 3.54. The van der Waals surface area contributed by atoms with E-state index in [9.17, 15) is 0 Å². The molecule has 1 aromatic heterocycles. The summed E-state index contributed by atoms with van der Waals surface area (Å²) >= 11 is 0. The summed E-state index contributed by atoms with van der Waals surface area (Å²) in [4.78, 5) is 11.3. The lowest BCUT2D eigenvalue weighted by molar-refractivity contribution is 0.0973. The maximum atomic E-state index is 5.46. The number of hydrazine groups is 1. The minimum absolute atomic E-state index is 0.379. The van der Waals surface area contributed by atoms with Crippen molar-refractivity contribution in [3.63, 3.8) is 0 Å². The Labute approximate surface area is 118 Å². The fraction of sp³-hybridized carbons (Fsp3) is 0.692. The highest BCUT2D eigenvalue weighted by Gasteiger charge is 2.34. The Morgan fingerprint density at radius 3 is 2.70 bits per heavy atom. The highest BCUT2D eigenvalue weighted by atomic mass is 16.5. The van der Waals surface area contributed by atoms with Crippen LogP contribution in [-0.4, -0.2) is 47.7 Å². The highest BCUT2D eigenvalue weighted by Crippen LogP contribution is 2.29. The molecule has 7 heteroatoms. The number of hydrogen-bond donors (Lipinski definition) is 3. The normalized spacial score (nSPS) is 28.4. The predicted molar refractivity (Wildman–Crippen MR) is 77.1 cm³/mol. The van der Waals surface area contributed by atoms with Crippen molar-refractivity contribution in [1.29, 1.82) is 0 Å². The van der Waals surface area contributed by atoms with E-state index < -0.39 is 0 Å². The Balaban J connectivity index is 1.74. The van der Waals surface area contributed by atoms with E-state index >= 15 is 0 Å². The van der Waals surface area contributed by atoms with Crippen LogP contribution in [0.25, 0.3) is 0 Å². The fourth-order valence-corrected chi connectivity index (χ4v) is 3.16. The lowest BCUT2D eigenvalue weighted by Gasteiger charge is -2.45. The standard InChI is InChI=1S/C13H22N6O/c1-20-8-13-16-11(6-12(17-13)18-14)15-10-7-19-4-2-9(10)3-5-19/h6,9-10H,2-5,7-8,14H2,1H3,(H2,15,16,17,18). The van der Waals surface area contributed by atoms with Crippen molar-refractivity contribution in [3.8, 4) is 0 Å². The van der Waals surface area contributed by atoms with Gasteiger partial charge in [-0.3, -0.25) is 0 Å². The summed E-state index contributed by atoms with van der Waals surface area (Å²) in [7, 11) is 1.63. The molecule has 20 heavy (non-hydrogen) atoms. The van der Waals surface area contributed by atoms with Crippen molar-refractivity contribution in [2.45, 2.75) is 25.5 Å². The summed E-state index contributed by atoms with van der Waals surface area (Å²) < 4.78 is 5.09. The molecule has 0 aromatic carbocycles. The zero-order chi connectivity index (χ0) is 13.9. The summed E-state index contributed by atoms with van der Waals surface area (Å²) in [6.45, 7) is 3.94. The van der Waals surface area contributed by atoms with Crippen molar-refractivity contribution in [1.82, 2.24) is 14.9 Å². The molecular weight excluding hydrogens is 256 g/mol. The van der Waals surface area contributed by atoms with Crippen molar-refractivity contribution >= 4 is 11.6 Å². The van der Waals surface area contributed by atoms with Crippen molar-refractivity contribution in [3.05, 3.63) is 11.9 Å². The SMILES string of the molecule is COCc1nc(NN)cc(NC2CN3CCC2CC3)n1. The molecular formula is C13H22N6O. The van der Waals surface area contributed by atoms with Gasteiger partial charge in [0, 0.05) is 25.8 Å². The number of nitrogen functional groups attached to an aromatic ring is 1. The first-order chi connectivity index (χ1) is 9.78. The molecule has 3 aliphatic rings. The number of anilines is 2. The number of rotatable bonds is 5. The molecule has 0 saturated carbocycles. The number of piperidine rings is 3. The molecule has 0 spiro atoms. The average Bonchev–Trinajstić information content (AvgIpc) is 2.48. The summed E-state index contributed by atoms with van der Waals surface area (Å²) in [5.41, 5.74) is 2.58. The van der Waals surface area contributed by atoms with Crippen LogP contribution in [-0.2, 0) is 11.3 Å². The topological polar surface area (TPSA) is 88.3 Å². The third kappa shape index (κ3) is 2.84. The maximum Gasteiger partial charge on any atom is 0.158 e. The maximum absolute atomic E-state index is 5.46. The first kappa shape index (κ1) is 13.5. The van der Waals surface area contributed by atoms with Crippen LogP contribution in [0.15, 0.2) is 6.07 Å². The van der Waals surface area contributed by atoms with Gasteiger partial charge in [0.05, 0.1) is 0 Å². The number of nitrogens with one attached hydrogen (secondary N) is 2. The van der Waals surface area contributed by atoms with Crippen molar-refractivity contribution in [2.24, 2.45) is 11.8 Å². The Morgan fingerprint density at radius 1 is 1.35 bits per heavy atom. The van der Waals surface area contributed by atoms with Crippen molar-refractivity contribution in [2.75, 3.05) is 37.5 Å². The van der Waals surface area contributed by atoms with Crippen LogP contribution < -0.4 is 16.6 Å². The summed E-state index contributed by atoms with van der Waals surface area (Å²) in [6, 6.07) is 2.31. The van der Waals surface area contributed by atoms with Crippen molar-refractivity contribution < 1.29 is 4.74 Å². The number of nitrogens with two attached hydrogens (primary N) is 1. The number of ether oxygens (including phenoxy) is 1. The second-order valence-corrected chi connectivity index (χ2v) is 5.52. The number of methoxy groups -OCH3 is 1. The van der Waals surface area contributed by atoms with E-state index in [2.05, 4.69) is 25.6 Å². The van der Waals surface area contributed by atoms with Crippen LogP contribution >= 0.6 is 0 Å². The van der Waals surface area contributed by atoms with Gasteiger partial charge in [0.2, 0.25) is 0 Å². The molecule has 1 aromatic rings. The van der Waals surface area contributed by atoms with Gasteiger partial charge in [-0.15, -0.1) is 0 Å². The molecule has 4 rings (SSSR count). The van der Waals surface area contributed by atoms with Gasteiger partial charge in [-0.25, -0.2) is 15.8 Å². The Bertz CT molecular complexity index is 460. The minimum Gasteiger partial charge on any atom is -0.377 e. The molecule has 1 unspecified atom stereocenters. The Hall–Kier alpha value is -1.44. The third-order valence-electron chi connectivity index (χ3n) is 4.18. The molecule has 7 nitrogen and oxygen atoms in total. The van der Waals surface area contributed by atoms with Gasteiger partial charge in [-0.1, -0.05) is 0 Å². The van der Waals surface area contributed by atoms with Crippen LogP contribution in [0.5, 0.6) is 0 Å². The second-order valence-electron chi connectivity index (χ2n) is 5.52. The zero-order valence-corrected chi connectivity index (χ0v) is 11.8. The molecule has 4 heterocycles. The first-order valence-corrected chi connectivity index (χ1v) is 7.11. The zero-order valence-electron chi connectivity index (χ0n) is 11.8. The van der Waals surface area contributed by atoms with Crippen LogP contribution in [0.4, 0.5) is 11.6 Å². The van der Waals surface area contributed by atoms with Gasteiger partial charge in [-0.05, 0) is 31.8 Å².